The number of rotatable bonds is 10. The zero-order valence-corrected chi connectivity index (χ0v) is 21.1. The summed E-state index contributed by atoms with van der Waals surface area (Å²) in [4.78, 5) is 6.78. The lowest BCUT2D eigenvalue weighted by molar-refractivity contribution is 0.173. The molecule has 0 bridgehead atoms. The minimum Gasteiger partial charge on any atom is -0.356 e. The Bertz CT molecular complexity index is 749. The molecule has 1 aromatic heterocycles. The molecule has 8 heteroatoms. The van der Waals surface area contributed by atoms with E-state index >= 15 is 0 Å². The number of aromatic nitrogens is 2. The summed E-state index contributed by atoms with van der Waals surface area (Å²) in [5.41, 5.74) is 1.82. The number of hydrogen-bond donors (Lipinski definition) is 2. The van der Waals surface area contributed by atoms with E-state index in [4.69, 9.17) is 0 Å². The highest BCUT2D eigenvalue weighted by molar-refractivity contribution is 14.0. The van der Waals surface area contributed by atoms with Crippen LogP contribution in [0.2, 0.25) is 0 Å². The fourth-order valence-electron chi connectivity index (χ4n) is 3.34. The van der Waals surface area contributed by atoms with Crippen molar-refractivity contribution in [3.63, 3.8) is 0 Å². The third-order valence-corrected chi connectivity index (χ3v) is 4.84. The van der Waals surface area contributed by atoms with Crippen LogP contribution in [-0.2, 0) is 6.42 Å². The lowest BCUT2D eigenvalue weighted by Gasteiger charge is -2.30. The van der Waals surface area contributed by atoms with Crippen LogP contribution in [0.4, 0.5) is 4.39 Å². The number of benzene rings is 1. The molecule has 0 amide bonds. The highest BCUT2D eigenvalue weighted by Crippen LogP contribution is 2.09. The van der Waals surface area contributed by atoms with Crippen LogP contribution in [0.3, 0.4) is 0 Å². The third kappa shape index (κ3) is 8.59. The summed E-state index contributed by atoms with van der Waals surface area (Å²) in [6.07, 6.45) is 3.74. The average molecular weight is 530 g/mol. The summed E-state index contributed by atoms with van der Waals surface area (Å²) in [6, 6.07) is 9.41. The molecule has 2 rings (SSSR count). The molecule has 0 fully saturated rings. The SMILES string of the molecule is CN=C(NCCCN(C(C)C)C(C)C)NCCc1ccn(-c2ccc(F)cc2)n1.I. The van der Waals surface area contributed by atoms with Gasteiger partial charge in [-0.25, -0.2) is 9.07 Å². The molecule has 168 valence electrons. The zero-order valence-electron chi connectivity index (χ0n) is 18.7. The van der Waals surface area contributed by atoms with Crippen LogP contribution >= 0.6 is 24.0 Å². The third-order valence-electron chi connectivity index (χ3n) is 4.84. The van der Waals surface area contributed by atoms with Gasteiger partial charge in [0.15, 0.2) is 5.96 Å². The zero-order chi connectivity index (χ0) is 21.2. The summed E-state index contributed by atoms with van der Waals surface area (Å²) in [5.74, 6) is 0.564. The van der Waals surface area contributed by atoms with Gasteiger partial charge in [-0.3, -0.25) is 9.89 Å². The van der Waals surface area contributed by atoms with Crippen molar-refractivity contribution in [2.75, 3.05) is 26.7 Å². The standard InChI is InChI=1S/C22H35FN6.HI/c1-17(2)28(18(3)4)15-6-13-25-22(24-5)26-14-11-20-12-16-29(27-20)21-9-7-19(23)8-10-21;/h7-10,12,16-18H,6,11,13-15H2,1-5H3,(H2,24,25,26);1H. The molecule has 2 N–H and O–H groups in total. The lowest BCUT2D eigenvalue weighted by atomic mass is 10.2. The number of aliphatic imine (C=N–C) groups is 1. The molecule has 1 aromatic carbocycles. The van der Waals surface area contributed by atoms with Gasteiger partial charge in [-0.15, -0.1) is 24.0 Å². The van der Waals surface area contributed by atoms with Crippen LogP contribution in [0, 0.1) is 5.82 Å². The van der Waals surface area contributed by atoms with E-state index in [-0.39, 0.29) is 29.8 Å². The van der Waals surface area contributed by atoms with Gasteiger partial charge >= 0.3 is 0 Å². The molecular weight excluding hydrogens is 494 g/mol. The van der Waals surface area contributed by atoms with Gasteiger partial charge < -0.3 is 10.6 Å². The van der Waals surface area contributed by atoms with Gasteiger partial charge in [0.2, 0.25) is 0 Å². The molecule has 0 aliphatic carbocycles. The molecule has 0 unspecified atom stereocenters. The second-order valence-electron chi connectivity index (χ2n) is 7.68. The predicted molar refractivity (Wildman–Crippen MR) is 134 cm³/mol. The van der Waals surface area contributed by atoms with Crippen LogP contribution in [0.15, 0.2) is 41.5 Å². The summed E-state index contributed by atoms with van der Waals surface area (Å²) in [7, 11) is 1.78. The van der Waals surface area contributed by atoms with Gasteiger partial charge in [0.1, 0.15) is 5.82 Å². The van der Waals surface area contributed by atoms with E-state index < -0.39 is 0 Å². The monoisotopic (exact) mass is 530 g/mol. The Morgan fingerprint density at radius 3 is 2.30 bits per heavy atom. The minimum atomic E-state index is -0.245. The van der Waals surface area contributed by atoms with E-state index in [2.05, 4.69) is 53.3 Å². The van der Waals surface area contributed by atoms with Crippen LogP contribution in [0.25, 0.3) is 5.69 Å². The molecule has 2 aromatic rings. The maximum Gasteiger partial charge on any atom is 0.190 e. The summed E-state index contributed by atoms with van der Waals surface area (Å²) >= 11 is 0. The van der Waals surface area contributed by atoms with Crippen LogP contribution in [-0.4, -0.2) is 59.4 Å². The Morgan fingerprint density at radius 1 is 1.07 bits per heavy atom. The van der Waals surface area contributed by atoms with Gasteiger partial charge in [-0.05, 0) is 64.4 Å². The number of nitrogens with one attached hydrogen (secondary N) is 2. The normalized spacial score (nSPS) is 11.8. The van der Waals surface area contributed by atoms with E-state index in [0.29, 0.717) is 12.1 Å². The van der Waals surface area contributed by atoms with Crippen LogP contribution < -0.4 is 10.6 Å². The van der Waals surface area contributed by atoms with Gasteiger partial charge in [0.05, 0.1) is 11.4 Å². The van der Waals surface area contributed by atoms with Gasteiger partial charge in [-0.1, -0.05) is 0 Å². The van der Waals surface area contributed by atoms with Crippen LogP contribution in [0.1, 0.15) is 39.8 Å². The molecule has 0 radical (unpaired) electrons. The van der Waals surface area contributed by atoms with E-state index in [0.717, 1.165) is 49.8 Å². The van der Waals surface area contributed by atoms with Crippen molar-refractivity contribution in [2.45, 2.75) is 52.6 Å². The molecular formula is C22H36FIN6. The minimum absolute atomic E-state index is 0. The Kier molecular flexibility index (Phi) is 11.9. The first-order chi connectivity index (χ1) is 13.9. The molecule has 6 nitrogen and oxygen atoms in total. The lowest BCUT2D eigenvalue weighted by Crippen LogP contribution is -2.41. The fourth-order valence-corrected chi connectivity index (χ4v) is 3.34. The first-order valence-electron chi connectivity index (χ1n) is 10.4. The second kappa shape index (κ2) is 13.6. The van der Waals surface area contributed by atoms with Crippen molar-refractivity contribution in [1.82, 2.24) is 25.3 Å². The summed E-state index contributed by atoms with van der Waals surface area (Å²) < 4.78 is 14.8. The topological polar surface area (TPSA) is 57.5 Å². The molecule has 0 spiro atoms. The van der Waals surface area contributed by atoms with E-state index in [1.54, 1.807) is 23.9 Å². The van der Waals surface area contributed by atoms with E-state index in [1.165, 1.54) is 12.1 Å². The smallest absolute Gasteiger partial charge is 0.190 e. The maximum atomic E-state index is 13.0. The number of guanidine groups is 1. The molecule has 30 heavy (non-hydrogen) atoms. The predicted octanol–water partition coefficient (Wildman–Crippen LogP) is 3.85. The molecule has 0 atom stereocenters. The Morgan fingerprint density at radius 2 is 1.70 bits per heavy atom. The van der Waals surface area contributed by atoms with Crippen molar-refractivity contribution >= 4 is 29.9 Å². The number of nitrogens with zero attached hydrogens (tertiary/aromatic N) is 4. The van der Waals surface area contributed by atoms with Crippen molar-refractivity contribution < 1.29 is 4.39 Å². The molecule has 0 aliphatic heterocycles. The van der Waals surface area contributed by atoms with Gasteiger partial charge in [0.25, 0.3) is 0 Å². The van der Waals surface area contributed by atoms with Crippen molar-refractivity contribution in [2.24, 2.45) is 4.99 Å². The summed E-state index contributed by atoms with van der Waals surface area (Å²) in [5, 5.41) is 11.3. The van der Waals surface area contributed by atoms with Crippen molar-refractivity contribution in [3.8, 4) is 5.69 Å². The number of halogens is 2. The quantitative estimate of drug-likeness (QED) is 0.212. The molecule has 0 saturated heterocycles. The summed E-state index contributed by atoms with van der Waals surface area (Å²) in [6.45, 7) is 11.7. The first kappa shape index (κ1) is 26.4. The molecule has 0 saturated carbocycles. The van der Waals surface area contributed by atoms with E-state index in [9.17, 15) is 4.39 Å². The van der Waals surface area contributed by atoms with Gasteiger partial charge in [0, 0.05) is 51.4 Å². The second-order valence-corrected chi connectivity index (χ2v) is 7.68. The average Bonchev–Trinajstić information content (AvgIpc) is 3.15. The Labute approximate surface area is 197 Å². The molecule has 0 aliphatic rings. The highest BCUT2D eigenvalue weighted by Gasteiger charge is 2.12. The van der Waals surface area contributed by atoms with Gasteiger partial charge in [-0.2, -0.15) is 5.10 Å². The van der Waals surface area contributed by atoms with Crippen molar-refractivity contribution in [1.29, 1.82) is 0 Å². The largest absolute Gasteiger partial charge is 0.356 e. The van der Waals surface area contributed by atoms with Crippen molar-refractivity contribution in [3.05, 3.63) is 48.0 Å². The fraction of sp³-hybridized carbons (Fsp3) is 0.545. The maximum absolute atomic E-state index is 13.0. The first-order valence-corrected chi connectivity index (χ1v) is 10.4. The molecule has 1 heterocycles. The number of hydrogen-bond acceptors (Lipinski definition) is 3. The van der Waals surface area contributed by atoms with E-state index in [1.807, 2.05) is 12.3 Å². The van der Waals surface area contributed by atoms with Crippen LogP contribution in [0.5, 0.6) is 0 Å². The highest BCUT2D eigenvalue weighted by atomic mass is 127. The Balaban J connectivity index is 0.00000450. The Hall–Kier alpha value is -1.68.